The van der Waals surface area contributed by atoms with E-state index >= 15 is 0 Å². The van der Waals surface area contributed by atoms with E-state index in [-0.39, 0.29) is 5.56 Å². The Morgan fingerprint density at radius 2 is 1.82 bits per heavy atom. The monoisotopic (exact) mass is 325 g/mol. The first-order valence-corrected chi connectivity index (χ1v) is 6.65. The fourth-order valence-corrected chi connectivity index (χ4v) is 1.91. The van der Waals surface area contributed by atoms with Gasteiger partial charge in [-0.2, -0.15) is 13.2 Å². The number of amides is 1. The van der Waals surface area contributed by atoms with Crippen molar-refractivity contribution in [1.29, 1.82) is 0 Å². The van der Waals surface area contributed by atoms with Crippen molar-refractivity contribution < 1.29 is 18.0 Å². The number of rotatable bonds is 3. The third kappa shape index (κ3) is 4.36. The summed E-state index contributed by atoms with van der Waals surface area (Å²) in [5, 5.41) is 2.92. The quantitative estimate of drug-likeness (QED) is 0.790. The molecule has 114 valence electrons. The van der Waals surface area contributed by atoms with Gasteiger partial charge in [0.05, 0.1) is 16.3 Å². The summed E-state index contributed by atoms with van der Waals surface area (Å²) < 4.78 is 37.7. The van der Waals surface area contributed by atoms with Gasteiger partial charge >= 0.3 is 6.18 Å². The summed E-state index contributed by atoms with van der Waals surface area (Å²) in [7, 11) is 0. The molecule has 0 radical (unpaired) electrons. The van der Waals surface area contributed by atoms with Crippen molar-refractivity contribution in [1.82, 2.24) is 0 Å². The first-order valence-electron chi connectivity index (χ1n) is 6.27. The Balaban J connectivity index is 2.09. The minimum absolute atomic E-state index is 0.282. The summed E-state index contributed by atoms with van der Waals surface area (Å²) in [5.41, 5.74) is -0.0480. The molecule has 0 saturated carbocycles. The van der Waals surface area contributed by atoms with Gasteiger partial charge in [-0.25, -0.2) is 0 Å². The molecule has 1 N–H and O–H groups in total. The van der Waals surface area contributed by atoms with Gasteiger partial charge in [0.1, 0.15) is 0 Å². The molecule has 22 heavy (non-hydrogen) atoms. The smallest absolute Gasteiger partial charge is 0.321 e. The van der Waals surface area contributed by atoms with Crippen molar-refractivity contribution in [2.24, 2.45) is 0 Å². The third-order valence-electron chi connectivity index (χ3n) is 2.77. The maximum Gasteiger partial charge on any atom is 0.416 e. The number of hydrogen-bond donors (Lipinski definition) is 1. The van der Waals surface area contributed by atoms with Gasteiger partial charge in [-0.05, 0) is 35.9 Å². The van der Waals surface area contributed by atoms with Crippen molar-refractivity contribution in [2.45, 2.75) is 6.18 Å². The lowest BCUT2D eigenvalue weighted by atomic mass is 10.1. The number of para-hydroxylation sites is 1. The normalized spacial score (nSPS) is 11.6. The predicted molar refractivity (Wildman–Crippen MR) is 80.6 cm³/mol. The zero-order valence-corrected chi connectivity index (χ0v) is 11.9. The molecular weight excluding hydrogens is 315 g/mol. The largest absolute Gasteiger partial charge is 0.416 e. The number of carbonyl (C=O) groups is 1. The molecule has 1 amide bonds. The van der Waals surface area contributed by atoms with Crippen LogP contribution in [-0.4, -0.2) is 5.91 Å². The van der Waals surface area contributed by atoms with E-state index in [1.54, 1.807) is 24.3 Å². The van der Waals surface area contributed by atoms with E-state index in [1.165, 1.54) is 18.2 Å². The summed E-state index contributed by atoms with van der Waals surface area (Å²) >= 11 is 5.89. The van der Waals surface area contributed by atoms with Crippen LogP contribution >= 0.6 is 11.6 Å². The molecule has 0 aliphatic heterocycles. The van der Waals surface area contributed by atoms with Gasteiger partial charge in [0.25, 0.3) is 0 Å². The van der Waals surface area contributed by atoms with Gasteiger partial charge in [-0.15, -0.1) is 0 Å². The van der Waals surface area contributed by atoms with E-state index in [2.05, 4.69) is 5.32 Å². The second-order valence-corrected chi connectivity index (χ2v) is 4.83. The van der Waals surface area contributed by atoms with E-state index in [4.69, 9.17) is 11.6 Å². The molecule has 6 heteroatoms. The minimum Gasteiger partial charge on any atom is -0.321 e. The fraction of sp³-hybridized carbons (Fsp3) is 0.0625. The molecule has 0 heterocycles. The molecule has 2 rings (SSSR count). The Labute approximate surface area is 130 Å². The topological polar surface area (TPSA) is 29.1 Å². The number of carbonyl (C=O) groups excluding carboxylic acids is 1. The Bertz CT molecular complexity index is 711. The highest BCUT2D eigenvalue weighted by atomic mass is 35.5. The number of alkyl halides is 3. The van der Waals surface area contributed by atoms with E-state index in [9.17, 15) is 18.0 Å². The van der Waals surface area contributed by atoms with E-state index in [0.29, 0.717) is 10.7 Å². The van der Waals surface area contributed by atoms with Crippen LogP contribution in [0.5, 0.6) is 0 Å². The number of hydrogen-bond acceptors (Lipinski definition) is 1. The SMILES string of the molecule is O=C(/C=C/c1cccc(C(F)(F)F)c1)Nc1ccccc1Cl. The van der Waals surface area contributed by atoms with Crippen LogP contribution in [0, 0.1) is 0 Å². The highest BCUT2D eigenvalue weighted by Gasteiger charge is 2.30. The van der Waals surface area contributed by atoms with E-state index < -0.39 is 17.6 Å². The molecule has 0 fully saturated rings. The molecule has 2 aromatic carbocycles. The van der Waals surface area contributed by atoms with Crippen LogP contribution in [0.2, 0.25) is 5.02 Å². The maximum absolute atomic E-state index is 12.6. The summed E-state index contributed by atoms with van der Waals surface area (Å²) in [5.74, 6) is -0.481. The highest BCUT2D eigenvalue weighted by Crippen LogP contribution is 2.29. The second kappa shape index (κ2) is 6.66. The highest BCUT2D eigenvalue weighted by molar-refractivity contribution is 6.33. The molecule has 0 aromatic heterocycles. The number of anilines is 1. The fourth-order valence-electron chi connectivity index (χ4n) is 1.73. The third-order valence-corrected chi connectivity index (χ3v) is 3.10. The molecular formula is C16H11ClF3NO. The van der Waals surface area contributed by atoms with Crippen LogP contribution in [0.15, 0.2) is 54.6 Å². The van der Waals surface area contributed by atoms with Crippen LogP contribution in [0.4, 0.5) is 18.9 Å². The summed E-state index contributed by atoms with van der Waals surface area (Å²) in [6, 6.07) is 11.4. The van der Waals surface area contributed by atoms with Gasteiger partial charge in [0.15, 0.2) is 0 Å². The first kappa shape index (κ1) is 16.1. The lowest BCUT2D eigenvalue weighted by Gasteiger charge is -2.07. The molecule has 0 aliphatic carbocycles. The number of nitrogens with one attached hydrogen (secondary N) is 1. The minimum atomic E-state index is -4.41. The van der Waals surface area contributed by atoms with Gasteiger partial charge < -0.3 is 5.32 Å². The Kier molecular flexibility index (Phi) is 4.88. The first-order chi connectivity index (χ1) is 10.4. The summed E-state index contributed by atoms with van der Waals surface area (Å²) in [6.45, 7) is 0. The molecule has 2 nitrogen and oxygen atoms in total. The van der Waals surface area contributed by atoms with Gasteiger partial charge in [-0.1, -0.05) is 35.9 Å². The zero-order chi connectivity index (χ0) is 16.2. The Hall–Kier alpha value is -2.27. The van der Waals surface area contributed by atoms with Gasteiger partial charge in [0, 0.05) is 6.08 Å². The van der Waals surface area contributed by atoms with Crippen LogP contribution in [0.3, 0.4) is 0 Å². The van der Waals surface area contributed by atoms with E-state index in [1.807, 2.05) is 0 Å². The van der Waals surface area contributed by atoms with Crippen LogP contribution < -0.4 is 5.32 Å². The number of halogens is 4. The summed E-state index contributed by atoms with van der Waals surface area (Å²) in [6.07, 6.45) is -1.95. The maximum atomic E-state index is 12.6. The molecule has 0 atom stereocenters. The molecule has 0 aliphatic rings. The Morgan fingerprint density at radius 1 is 1.09 bits per heavy atom. The van der Waals surface area contributed by atoms with Crippen LogP contribution in [0.25, 0.3) is 6.08 Å². The van der Waals surface area contributed by atoms with Crippen molar-refractivity contribution in [3.8, 4) is 0 Å². The molecule has 0 spiro atoms. The molecule has 0 saturated heterocycles. The lowest BCUT2D eigenvalue weighted by molar-refractivity contribution is -0.137. The van der Waals surface area contributed by atoms with Crippen molar-refractivity contribution in [3.63, 3.8) is 0 Å². The van der Waals surface area contributed by atoms with E-state index in [0.717, 1.165) is 18.2 Å². The second-order valence-electron chi connectivity index (χ2n) is 4.43. The van der Waals surface area contributed by atoms with Crippen LogP contribution in [0.1, 0.15) is 11.1 Å². The molecule has 0 unspecified atom stereocenters. The average molecular weight is 326 g/mol. The summed E-state index contributed by atoms with van der Waals surface area (Å²) in [4.78, 5) is 11.7. The van der Waals surface area contributed by atoms with Crippen molar-refractivity contribution in [3.05, 3.63) is 70.8 Å². The number of benzene rings is 2. The van der Waals surface area contributed by atoms with Crippen molar-refractivity contribution >= 4 is 29.3 Å². The molecule has 0 bridgehead atoms. The zero-order valence-electron chi connectivity index (χ0n) is 11.2. The van der Waals surface area contributed by atoms with Crippen LogP contribution in [-0.2, 0) is 11.0 Å². The van der Waals surface area contributed by atoms with Crippen molar-refractivity contribution in [2.75, 3.05) is 5.32 Å². The standard InChI is InChI=1S/C16H11ClF3NO/c17-13-6-1-2-7-14(13)21-15(22)9-8-11-4-3-5-12(10-11)16(18,19)20/h1-10H,(H,21,22)/b9-8+. The van der Waals surface area contributed by atoms with Gasteiger partial charge in [0.2, 0.25) is 5.91 Å². The lowest BCUT2D eigenvalue weighted by Crippen LogP contribution is -2.08. The average Bonchev–Trinajstić information content (AvgIpc) is 2.47. The Morgan fingerprint density at radius 3 is 2.50 bits per heavy atom. The molecule has 2 aromatic rings. The predicted octanol–water partition coefficient (Wildman–Crippen LogP) is 5.01. The van der Waals surface area contributed by atoms with Gasteiger partial charge in [-0.3, -0.25) is 4.79 Å².